The molecule has 2 rings (SSSR count). The Morgan fingerprint density at radius 3 is 2.78 bits per heavy atom. The van der Waals surface area contributed by atoms with Gasteiger partial charge in [0.05, 0.1) is 6.10 Å². The Hall–Kier alpha value is -0.650. The summed E-state index contributed by atoms with van der Waals surface area (Å²) in [6.07, 6.45) is 4.62. The molecule has 0 aliphatic carbocycles. The Labute approximate surface area is 113 Å². The molecule has 4 nitrogen and oxygen atoms in total. The van der Waals surface area contributed by atoms with Crippen LogP contribution in [0.5, 0.6) is 0 Å². The number of rotatable bonds is 5. The smallest absolute Gasteiger partial charge is 0.180 e. The summed E-state index contributed by atoms with van der Waals surface area (Å²) in [6, 6.07) is 0. The van der Waals surface area contributed by atoms with Gasteiger partial charge in [-0.2, -0.15) is 0 Å². The third kappa shape index (κ3) is 4.23. The van der Waals surface area contributed by atoms with Crippen LogP contribution < -0.4 is 5.73 Å². The van der Waals surface area contributed by atoms with E-state index in [0.717, 1.165) is 39.1 Å². The maximum atomic E-state index is 5.89. The molecule has 0 aromatic carbocycles. The van der Waals surface area contributed by atoms with Crippen LogP contribution in [0.4, 0.5) is 5.13 Å². The summed E-state index contributed by atoms with van der Waals surface area (Å²) in [6.45, 7) is 8.48. The van der Waals surface area contributed by atoms with Gasteiger partial charge in [-0.1, -0.05) is 13.8 Å². The zero-order valence-corrected chi connectivity index (χ0v) is 12.1. The Bertz CT molecular complexity index is 359. The van der Waals surface area contributed by atoms with E-state index in [0.29, 0.717) is 17.2 Å². The molecule has 0 bridgehead atoms. The molecule has 2 N–H and O–H groups in total. The molecule has 2 heterocycles. The minimum atomic E-state index is 0.454. The number of nitrogen functional groups attached to an aromatic ring is 1. The normalized spacial score (nSPS) is 18.6. The van der Waals surface area contributed by atoms with Crippen molar-refractivity contribution in [3.63, 3.8) is 0 Å². The average molecular weight is 269 g/mol. The lowest BCUT2D eigenvalue weighted by atomic mass is 10.1. The van der Waals surface area contributed by atoms with Crippen molar-refractivity contribution in [1.29, 1.82) is 0 Å². The van der Waals surface area contributed by atoms with Crippen LogP contribution in [0, 0.1) is 5.92 Å². The van der Waals surface area contributed by atoms with Crippen molar-refractivity contribution >= 4 is 16.5 Å². The maximum absolute atomic E-state index is 5.89. The summed E-state index contributed by atoms with van der Waals surface area (Å²) in [4.78, 5) is 7.81. The number of nitrogens with zero attached hydrogens (tertiary/aromatic N) is 2. The molecule has 1 aromatic rings. The monoisotopic (exact) mass is 269 g/mol. The fraction of sp³-hybridized carbons (Fsp3) is 0.769. The van der Waals surface area contributed by atoms with Crippen LogP contribution in [0.25, 0.3) is 0 Å². The second-order valence-corrected chi connectivity index (χ2v) is 6.51. The minimum absolute atomic E-state index is 0.454. The molecule has 0 saturated carbocycles. The Balaban J connectivity index is 1.70. The van der Waals surface area contributed by atoms with Gasteiger partial charge < -0.3 is 10.5 Å². The number of aromatic nitrogens is 1. The SMILES string of the molecule is CC(C)COC1CCN(Cc2cnc(N)s2)CC1. The van der Waals surface area contributed by atoms with Gasteiger partial charge in [-0.15, -0.1) is 11.3 Å². The number of hydrogen-bond donors (Lipinski definition) is 1. The largest absolute Gasteiger partial charge is 0.378 e. The molecule has 0 spiro atoms. The minimum Gasteiger partial charge on any atom is -0.378 e. The van der Waals surface area contributed by atoms with Gasteiger partial charge in [-0.25, -0.2) is 4.98 Å². The highest BCUT2D eigenvalue weighted by Crippen LogP contribution is 2.20. The number of ether oxygens (including phenoxy) is 1. The van der Waals surface area contributed by atoms with Gasteiger partial charge in [0.15, 0.2) is 5.13 Å². The molecule has 1 saturated heterocycles. The van der Waals surface area contributed by atoms with E-state index < -0.39 is 0 Å². The van der Waals surface area contributed by atoms with E-state index in [1.165, 1.54) is 4.88 Å². The molecule has 5 heteroatoms. The van der Waals surface area contributed by atoms with Crippen LogP contribution in [0.2, 0.25) is 0 Å². The molecule has 18 heavy (non-hydrogen) atoms. The topological polar surface area (TPSA) is 51.4 Å². The van der Waals surface area contributed by atoms with E-state index in [1.807, 2.05) is 6.20 Å². The summed E-state index contributed by atoms with van der Waals surface area (Å²) in [7, 11) is 0. The first-order valence-electron chi connectivity index (χ1n) is 6.67. The molecule has 0 unspecified atom stereocenters. The number of piperidine rings is 1. The fourth-order valence-electron chi connectivity index (χ4n) is 2.18. The lowest BCUT2D eigenvalue weighted by Gasteiger charge is -2.31. The highest BCUT2D eigenvalue weighted by molar-refractivity contribution is 7.15. The Morgan fingerprint density at radius 2 is 2.22 bits per heavy atom. The Kier molecular flexibility index (Phi) is 4.97. The molecule has 102 valence electrons. The van der Waals surface area contributed by atoms with E-state index in [4.69, 9.17) is 10.5 Å². The van der Waals surface area contributed by atoms with Crippen molar-refractivity contribution in [2.45, 2.75) is 39.3 Å². The highest BCUT2D eigenvalue weighted by Gasteiger charge is 2.20. The molecule has 1 aromatic heterocycles. The standard InChI is InChI=1S/C13H23N3OS/c1-10(2)9-17-11-3-5-16(6-4-11)8-12-7-15-13(14)18-12/h7,10-11H,3-6,8-9H2,1-2H3,(H2,14,15). The van der Waals surface area contributed by atoms with Crippen LogP contribution in [0.15, 0.2) is 6.20 Å². The first-order valence-corrected chi connectivity index (χ1v) is 7.49. The van der Waals surface area contributed by atoms with E-state index in [-0.39, 0.29) is 0 Å². The first kappa shape index (κ1) is 13.8. The van der Waals surface area contributed by atoms with Gasteiger partial charge in [0.1, 0.15) is 0 Å². The molecule has 0 radical (unpaired) electrons. The number of thiazole rings is 1. The van der Waals surface area contributed by atoms with Crippen molar-refractivity contribution in [2.75, 3.05) is 25.4 Å². The lowest BCUT2D eigenvalue weighted by molar-refractivity contribution is -0.00569. The number of hydrogen-bond acceptors (Lipinski definition) is 5. The number of anilines is 1. The van der Waals surface area contributed by atoms with Gasteiger partial charge in [-0.05, 0) is 18.8 Å². The fourth-order valence-corrected chi connectivity index (χ4v) is 2.91. The summed E-state index contributed by atoms with van der Waals surface area (Å²) < 4.78 is 5.89. The van der Waals surface area contributed by atoms with Crippen molar-refractivity contribution in [2.24, 2.45) is 5.92 Å². The van der Waals surface area contributed by atoms with Gasteiger partial charge in [0, 0.05) is 37.3 Å². The number of nitrogens with two attached hydrogens (primary N) is 1. The second kappa shape index (κ2) is 6.50. The third-order valence-electron chi connectivity index (χ3n) is 3.15. The predicted molar refractivity (Wildman–Crippen MR) is 75.6 cm³/mol. The quantitative estimate of drug-likeness (QED) is 0.891. The predicted octanol–water partition coefficient (Wildman–Crippen LogP) is 2.36. The van der Waals surface area contributed by atoms with Crippen LogP contribution in [0.1, 0.15) is 31.6 Å². The van der Waals surface area contributed by atoms with Gasteiger partial charge in [-0.3, -0.25) is 4.90 Å². The molecule has 0 atom stereocenters. The molecular formula is C13H23N3OS. The highest BCUT2D eigenvalue weighted by atomic mass is 32.1. The first-order chi connectivity index (χ1) is 8.63. The third-order valence-corrected chi connectivity index (χ3v) is 3.96. The van der Waals surface area contributed by atoms with Crippen molar-refractivity contribution in [1.82, 2.24) is 9.88 Å². The van der Waals surface area contributed by atoms with Crippen molar-refractivity contribution in [3.8, 4) is 0 Å². The summed E-state index contributed by atoms with van der Waals surface area (Å²) >= 11 is 1.59. The second-order valence-electron chi connectivity index (χ2n) is 5.37. The zero-order chi connectivity index (χ0) is 13.0. The maximum Gasteiger partial charge on any atom is 0.180 e. The molecular weight excluding hydrogens is 246 g/mol. The van der Waals surface area contributed by atoms with Crippen molar-refractivity contribution < 1.29 is 4.74 Å². The van der Waals surface area contributed by atoms with Gasteiger partial charge >= 0.3 is 0 Å². The summed E-state index contributed by atoms with van der Waals surface area (Å²) in [5, 5.41) is 0.667. The van der Waals surface area contributed by atoms with Crippen molar-refractivity contribution in [3.05, 3.63) is 11.1 Å². The van der Waals surface area contributed by atoms with Gasteiger partial charge in [0.2, 0.25) is 0 Å². The molecule has 1 fully saturated rings. The average Bonchev–Trinajstić information content (AvgIpc) is 2.74. The zero-order valence-electron chi connectivity index (χ0n) is 11.3. The Morgan fingerprint density at radius 1 is 1.50 bits per heavy atom. The number of likely N-dealkylation sites (tertiary alicyclic amines) is 1. The van der Waals surface area contributed by atoms with Crippen LogP contribution >= 0.6 is 11.3 Å². The molecule has 1 aliphatic rings. The molecule has 0 amide bonds. The van der Waals surface area contributed by atoms with Crippen LogP contribution in [-0.4, -0.2) is 35.7 Å². The van der Waals surface area contributed by atoms with E-state index in [9.17, 15) is 0 Å². The van der Waals surface area contributed by atoms with E-state index >= 15 is 0 Å². The molecule has 1 aliphatic heterocycles. The van der Waals surface area contributed by atoms with Gasteiger partial charge in [0.25, 0.3) is 0 Å². The van der Waals surface area contributed by atoms with Crippen LogP contribution in [0.3, 0.4) is 0 Å². The summed E-state index contributed by atoms with van der Waals surface area (Å²) in [5.41, 5.74) is 5.64. The van der Waals surface area contributed by atoms with E-state index in [2.05, 4.69) is 23.7 Å². The summed E-state index contributed by atoms with van der Waals surface area (Å²) in [5.74, 6) is 0.628. The van der Waals surface area contributed by atoms with E-state index in [1.54, 1.807) is 11.3 Å². The lowest BCUT2D eigenvalue weighted by Crippen LogP contribution is -2.36. The van der Waals surface area contributed by atoms with Crippen LogP contribution in [-0.2, 0) is 11.3 Å².